The van der Waals surface area contributed by atoms with Gasteiger partial charge in [-0.05, 0) is 30.5 Å². The quantitative estimate of drug-likeness (QED) is 0.591. The zero-order chi connectivity index (χ0) is 21.8. The molecule has 162 valence electrons. The Morgan fingerprint density at radius 1 is 1.23 bits per heavy atom. The Morgan fingerprint density at radius 2 is 2.03 bits per heavy atom. The fourth-order valence-electron chi connectivity index (χ4n) is 3.01. The maximum atomic E-state index is 12.6. The molecule has 0 aliphatic carbocycles. The van der Waals surface area contributed by atoms with E-state index in [0.29, 0.717) is 35.3 Å². The standard InChI is InChI=1S/C20H20N4O6S/c1-2-23(11-17(25)21-13-5-6-14-15(10-13)29-8-7-28-14)18(26)12-24-20(27)30-19(22-24)16-4-3-9-31-16/h3-6,9-10H,2,7-8,11-12H2,1H3,(H,21,25). The molecule has 1 N–H and O–H groups in total. The van der Waals surface area contributed by atoms with Crippen molar-refractivity contribution >= 4 is 28.8 Å². The molecule has 3 heterocycles. The van der Waals surface area contributed by atoms with Gasteiger partial charge in [0.15, 0.2) is 11.5 Å². The summed E-state index contributed by atoms with van der Waals surface area (Å²) in [6, 6.07) is 8.66. The fourth-order valence-corrected chi connectivity index (χ4v) is 3.65. The van der Waals surface area contributed by atoms with Gasteiger partial charge in [0.05, 0.1) is 11.4 Å². The number of rotatable bonds is 7. The molecule has 0 saturated carbocycles. The van der Waals surface area contributed by atoms with E-state index in [-0.39, 0.29) is 31.4 Å². The first-order chi connectivity index (χ1) is 15.0. The number of likely N-dealkylation sites (N-methyl/N-ethyl adjacent to an activating group) is 1. The van der Waals surface area contributed by atoms with E-state index < -0.39 is 11.7 Å². The van der Waals surface area contributed by atoms with Crippen molar-refractivity contribution in [3.05, 3.63) is 46.3 Å². The van der Waals surface area contributed by atoms with Gasteiger partial charge in [0.25, 0.3) is 5.89 Å². The number of amides is 2. The van der Waals surface area contributed by atoms with Crippen molar-refractivity contribution in [3.8, 4) is 22.3 Å². The molecule has 11 heteroatoms. The molecule has 0 fully saturated rings. The van der Waals surface area contributed by atoms with Crippen LogP contribution >= 0.6 is 11.3 Å². The van der Waals surface area contributed by atoms with Gasteiger partial charge in [0.2, 0.25) is 11.8 Å². The van der Waals surface area contributed by atoms with Crippen LogP contribution in [-0.4, -0.2) is 52.8 Å². The average Bonchev–Trinajstić information content (AvgIpc) is 3.42. The molecule has 1 aliphatic rings. The summed E-state index contributed by atoms with van der Waals surface area (Å²) in [6.45, 7) is 2.47. The molecule has 0 bridgehead atoms. The zero-order valence-electron chi connectivity index (χ0n) is 16.7. The number of anilines is 1. The van der Waals surface area contributed by atoms with Gasteiger partial charge in [-0.2, -0.15) is 4.68 Å². The summed E-state index contributed by atoms with van der Waals surface area (Å²) in [5, 5.41) is 8.64. The van der Waals surface area contributed by atoms with Crippen molar-refractivity contribution in [3.63, 3.8) is 0 Å². The minimum absolute atomic E-state index is 0.159. The highest BCUT2D eigenvalue weighted by molar-refractivity contribution is 7.13. The molecule has 1 aromatic carbocycles. The summed E-state index contributed by atoms with van der Waals surface area (Å²) in [4.78, 5) is 39.1. The number of nitrogens with one attached hydrogen (secondary N) is 1. The van der Waals surface area contributed by atoms with Crippen LogP contribution in [0, 0.1) is 0 Å². The summed E-state index contributed by atoms with van der Waals surface area (Å²) in [6.07, 6.45) is 0. The number of nitrogens with zero attached hydrogens (tertiary/aromatic N) is 3. The van der Waals surface area contributed by atoms with Crippen LogP contribution in [0.25, 0.3) is 10.8 Å². The molecule has 1 aliphatic heterocycles. The number of thiophene rings is 1. The van der Waals surface area contributed by atoms with E-state index >= 15 is 0 Å². The first kappa shape index (κ1) is 20.7. The maximum Gasteiger partial charge on any atom is 0.437 e. The minimum Gasteiger partial charge on any atom is -0.486 e. The van der Waals surface area contributed by atoms with Gasteiger partial charge in [-0.15, -0.1) is 16.4 Å². The number of aromatic nitrogens is 2. The second-order valence-corrected chi connectivity index (χ2v) is 7.57. The molecule has 3 aromatic rings. The Labute approximate surface area is 181 Å². The topological polar surface area (TPSA) is 116 Å². The van der Waals surface area contributed by atoms with Gasteiger partial charge in [-0.25, -0.2) is 4.79 Å². The van der Waals surface area contributed by atoms with Crippen LogP contribution in [0.5, 0.6) is 11.5 Å². The monoisotopic (exact) mass is 444 g/mol. The normalized spacial score (nSPS) is 12.4. The molecule has 31 heavy (non-hydrogen) atoms. The second kappa shape index (κ2) is 9.04. The van der Waals surface area contributed by atoms with Crippen LogP contribution in [0.4, 0.5) is 5.69 Å². The third-order valence-corrected chi connectivity index (χ3v) is 5.38. The van der Waals surface area contributed by atoms with Gasteiger partial charge >= 0.3 is 5.76 Å². The number of ether oxygens (including phenoxy) is 2. The molecule has 2 aromatic heterocycles. The lowest BCUT2D eigenvalue weighted by molar-refractivity contribution is -0.135. The molecule has 0 saturated heterocycles. The van der Waals surface area contributed by atoms with E-state index in [1.807, 2.05) is 11.4 Å². The van der Waals surface area contributed by atoms with Crippen molar-refractivity contribution < 1.29 is 23.5 Å². The average molecular weight is 444 g/mol. The number of carbonyl (C=O) groups is 2. The Balaban J connectivity index is 1.38. The highest BCUT2D eigenvalue weighted by Gasteiger charge is 2.20. The smallest absolute Gasteiger partial charge is 0.437 e. The highest BCUT2D eigenvalue weighted by atomic mass is 32.1. The predicted molar refractivity (Wildman–Crippen MR) is 112 cm³/mol. The van der Waals surface area contributed by atoms with Gasteiger partial charge in [-0.3, -0.25) is 9.59 Å². The molecule has 0 atom stereocenters. The maximum absolute atomic E-state index is 12.6. The summed E-state index contributed by atoms with van der Waals surface area (Å²) in [5.41, 5.74) is 0.533. The SMILES string of the molecule is CCN(CC(=O)Nc1ccc2c(c1)OCCO2)C(=O)Cn1nc(-c2cccs2)oc1=O. The fraction of sp³-hybridized carbons (Fsp3) is 0.300. The van der Waals surface area contributed by atoms with E-state index in [1.165, 1.54) is 16.2 Å². The predicted octanol–water partition coefficient (Wildman–Crippen LogP) is 1.82. The molecular formula is C20H20N4O6S. The molecule has 4 rings (SSSR count). The van der Waals surface area contributed by atoms with Crippen LogP contribution in [0.2, 0.25) is 0 Å². The molecule has 2 amide bonds. The first-order valence-corrected chi connectivity index (χ1v) is 10.5. The van der Waals surface area contributed by atoms with Crippen molar-refractivity contribution in [1.82, 2.24) is 14.7 Å². The molecule has 0 spiro atoms. The van der Waals surface area contributed by atoms with Crippen LogP contribution in [0.15, 0.2) is 44.9 Å². The Bertz CT molecular complexity index is 1140. The minimum atomic E-state index is -0.728. The number of hydrogen-bond donors (Lipinski definition) is 1. The number of benzene rings is 1. The van der Waals surface area contributed by atoms with Crippen molar-refractivity contribution in [1.29, 1.82) is 0 Å². The molecule has 0 radical (unpaired) electrons. The van der Waals surface area contributed by atoms with Crippen molar-refractivity contribution in [2.24, 2.45) is 0 Å². The largest absolute Gasteiger partial charge is 0.486 e. The van der Waals surface area contributed by atoms with Crippen LogP contribution in [0.1, 0.15) is 6.92 Å². The van der Waals surface area contributed by atoms with Gasteiger partial charge in [0.1, 0.15) is 19.8 Å². The van der Waals surface area contributed by atoms with Crippen molar-refractivity contribution in [2.45, 2.75) is 13.5 Å². The van der Waals surface area contributed by atoms with Crippen molar-refractivity contribution in [2.75, 3.05) is 31.6 Å². The Hall–Kier alpha value is -3.60. The molecular weight excluding hydrogens is 424 g/mol. The Morgan fingerprint density at radius 3 is 2.77 bits per heavy atom. The highest BCUT2D eigenvalue weighted by Crippen LogP contribution is 2.32. The van der Waals surface area contributed by atoms with Gasteiger partial charge < -0.3 is 24.1 Å². The van der Waals surface area contributed by atoms with E-state index in [9.17, 15) is 14.4 Å². The van der Waals surface area contributed by atoms with Crippen LogP contribution < -0.4 is 20.5 Å². The van der Waals surface area contributed by atoms with E-state index in [1.54, 1.807) is 31.2 Å². The number of hydrogen-bond acceptors (Lipinski definition) is 8. The zero-order valence-corrected chi connectivity index (χ0v) is 17.5. The Kier molecular flexibility index (Phi) is 6.03. The second-order valence-electron chi connectivity index (χ2n) is 6.62. The lowest BCUT2D eigenvalue weighted by Gasteiger charge is -2.21. The lowest BCUT2D eigenvalue weighted by atomic mass is 10.2. The lowest BCUT2D eigenvalue weighted by Crippen LogP contribution is -2.40. The van der Waals surface area contributed by atoms with Crippen LogP contribution in [-0.2, 0) is 16.1 Å². The van der Waals surface area contributed by atoms with Gasteiger partial charge in [-0.1, -0.05) is 6.07 Å². The number of fused-ring (bicyclic) bond motifs is 1. The van der Waals surface area contributed by atoms with Gasteiger partial charge in [0, 0.05) is 18.3 Å². The third-order valence-electron chi connectivity index (χ3n) is 4.52. The molecule has 0 unspecified atom stereocenters. The van der Waals surface area contributed by atoms with E-state index in [0.717, 1.165) is 4.68 Å². The first-order valence-electron chi connectivity index (χ1n) is 9.62. The van der Waals surface area contributed by atoms with Crippen LogP contribution in [0.3, 0.4) is 0 Å². The summed E-state index contributed by atoms with van der Waals surface area (Å²) >= 11 is 1.37. The summed E-state index contributed by atoms with van der Waals surface area (Å²) in [7, 11) is 0. The molecule has 10 nitrogen and oxygen atoms in total. The van der Waals surface area contributed by atoms with E-state index in [4.69, 9.17) is 13.9 Å². The van der Waals surface area contributed by atoms with E-state index in [2.05, 4.69) is 10.4 Å². The third kappa shape index (κ3) is 4.77. The number of carbonyl (C=O) groups excluding carboxylic acids is 2. The summed E-state index contributed by atoms with van der Waals surface area (Å²) < 4.78 is 17.0. The summed E-state index contributed by atoms with van der Waals surface area (Å²) in [5.74, 6) is -0.193.